The summed E-state index contributed by atoms with van der Waals surface area (Å²) < 4.78 is 46.8. The van der Waals surface area contributed by atoms with Crippen LogP contribution in [0.1, 0.15) is 105 Å². The molecule has 3 amide bonds. The quantitative estimate of drug-likeness (QED) is 0.0819. The SMILES string of the molecule is CN[C@@H](C)C(=O)N[C@H](C(=O)N1CCC[C@H]1c1nc(C(=O)c2ccc(F)cc2)cs1)C1CCN(C(=O)c2cnc(N3CCN(CCOc4cc5ncnc(NC6NNC(C)C6C)c5cc4S(=O)(=O)C(C)(C)C)CC3)nc2)CC1. The minimum atomic E-state index is -3.84. The van der Waals surface area contributed by atoms with E-state index in [1.165, 1.54) is 41.9 Å². The van der Waals surface area contributed by atoms with Crippen molar-refractivity contribution in [1.82, 2.24) is 61.1 Å². The van der Waals surface area contributed by atoms with Crippen molar-refractivity contribution in [3.63, 3.8) is 0 Å². The number of fused-ring (bicyclic) bond motifs is 1. The number of carbonyl (C=O) groups is 4. The predicted molar refractivity (Wildman–Crippen MR) is 290 cm³/mol. The third-order valence-corrected chi connectivity index (χ3v) is 18.9. The summed E-state index contributed by atoms with van der Waals surface area (Å²) in [6, 6.07) is 7.06. The molecule has 0 saturated carbocycles. The van der Waals surface area contributed by atoms with Gasteiger partial charge in [-0.25, -0.2) is 43.2 Å². The van der Waals surface area contributed by atoms with Gasteiger partial charge in [-0.05, 0) is 104 Å². The minimum absolute atomic E-state index is 0.0846. The van der Waals surface area contributed by atoms with E-state index in [1.54, 1.807) is 74.4 Å². The molecule has 0 bridgehead atoms. The maximum absolute atomic E-state index is 14.6. The first-order chi connectivity index (χ1) is 36.8. The van der Waals surface area contributed by atoms with Crippen molar-refractivity contribution in [2.24, 2.45) is 11.8 Å². The number of aromatic nitrogens is 5. The molecule has 3 unspecified atom stereocenters. The minimum Gasteiger partial charge on any atom is -0.491 e. The maximum Gasteiger partial charge on any atom is 0.256 e. The maximum atomic E-state index is 14.6. The fourth-order valence-electron chi connectivity index (χ4n) is 10.1. The van der Waals surface area contributed by atoms with Crippen molar-refractivity contribution >= 4 is 67.3 Å². The average molecular weight is 1100 g/mol. The number of halogens is 1. The smallest absolute Gasteiger partial charge is 0.256 e. The Morgan fingerprint density at radius 3 is 2.29 bits per heavy atom. The lowest BCUT2D eigenvalue weighted by Gasteiger charge is -2.38. The lowest BCUT2D eigenvalue weighted by Crippen LogP contribution is -2.57. The van der Waals surface area contributed by atoms with Crippen molar-refractivity contribution in [2.45, 2.75) is 107 Å². The van der Waals surface area contributed by atoms with Gasteiger partial charge in [0.1, 0.15) is 52.0 Å². The molecule has 77 heavy (non-hydrogen) atoms. The number of benzene rings is 2. The van der Waals surface area contributed by atoms with Crippen LogP contribution in [-0.2, 0) is 19.4 Å². The number of likely N-dealkylation sites (tertiary alicyclic amines) is 2. The number of nitrogens with one attached hydrogen (secondary N) is 5. The van der Waals surface area contributed by atoms with Gasteiger partial charge in [0.25, 0.3) is 5.91 Å². The first-order valence-corrected chi connectivity index (χ1v) is 28.7. The van der Waals surface area contributed by atoms with Crippen LogP contribution >= 0.6 is 11.3 Å². The monoisotopic (exact) mass is 1100 g/mol. The third-order valence-electron chi connectivity index (χ3n) is 15.4. The molecule has 0 radical (unpaired) electrons. The number of hydrogen-bond donors (Lipinski definition) is 5. The number of carbonyl (C=O) groups excluding carboxylic acids is 4. The molecule has 5 aromatic rings. The van der Waals surface area contributed by atoms with E-state index in [0.29, 0.717) is 110 Å². The number of thiazole rings is 1. The van der Waals surface area contributed by atoms with Gasteiger partial charge in [-0.3, -0.25) is 29.5 Å². The molecule has 21 nitrogen and oxygen atoms in total. The van der Waals surface area contributed by atoms with Crippen molar-refractivity contribution in [1.29, 1.82) is 0 Å². The lowest BCUT2D eigenvalue weighted by atomic mass is 9.87. The Balaban J connectivity index is 0.783. The van der Waals surface area contributed by atoms with Crippen molar-refractivity contribution in [3.05, 3.63) is 88.1 Å². The summed E-state index contributed by atoms with van der Waals surface area (Å²) in [5, 5.41) is 12.3. The molecule has 0 aliphatic carbocycles. The van der Waals surface area contributed by atoms with E-state index in [1.807, 2.05) is 0 Å². The number of hydrazine groups is 1. The second-order valence-electron chi connectivity index (χ2n) is 21.4. The van der Waals surface area contributed by atoms with E-state index < -0.39 is 32.5 Å². The highest BCUT2D eigenvalue weighted by Crippen LogP contribution is 2.38. The number of ether oxygens (including phenoxy) is 1. The normalized spacial score (nSPS) is 21.5. The van der Waals surface area contributed by atoms with Crippen LogP contribution in [-0.4, -0.2) is 167 Å². The van der Waals surface area contributed by atoms with Crippen molar-refractivity contribution < 1.29 is 36.7 Å². The van der Waals surface area contributed by atoms with Gasteiger partial charge < -0.3 is 35.4 Å². The number of nitrogens with zero attached hydrogens (tertiary/aromatic N) is 9. The highest BCUT2D eigenvalue weighted by atomic mass is 32.2. The van der Waals surface area contributed by atoms with Crippen LogP contribution in [0.4, 0.5) is 16.2 Å². The number of rotatable bonds is 17. The van der Waals surface area contributed by atoms with Crippen LogP contribution in [0.3, 0.4) is 0 Å². The van der Waals surface area contributed by atoms with E-state index in [0.717, 1.165) is 6.42 Å². The number of hydrogen-bond acceptors (Lipinski definition) is 19. The molecule has 4 saturated heterocycles. The number of sulfone groups is 1. The van der Waals surface area contributed by atoms with Crippen molar-refractivity contribution in [2.75, 3.05) is 76.2 Å². The van der Waals surface area contributed by atoms with Crippen LogP contribution in [0.2, 0.25) is 0 Å². The number of anilines is 2. The molecule has 0 spiro atoms. The number of ketones is 1. The summed E-state index contributed by atoms with van der Waals surface area (Å²) in [4.78, 5) is 85.7. The van der Waals surface area contributed by atoms with Gasteiger partial charge in [0.15, 0.2) is 9.84 Å². The Bertz CT molecular complexity index is 3050. The van der Waals surface area contributed by atoms with Gasteiger partial charge in [0.2, 0.25) is 23.5 Å². The van der Waals surface area contributed by atoms with Gasteiger partial charge in [-0.15, -0.1) is 11.3 Å². The Morgan fingerprint density at radius 1 is 0.909 bits per heavy atom. The molecule has 6 atom stereocenters. The molecule has 5 N–H and O–H groups in total. The van der Waals surface area contributed by atoms with Crippen LogP contribution < -0.4 is 36.4 Å². The lowest BCUT2D eigenvalue weighted by molar-refractivity contribution is -0.139. The standard InChI is InChI=1S/C53H69FN14O7S2/c1-31-32(2)63-64-46(31)62-47-38-25-43(77(73,74)53(4,5)6)42(26-39(38)58-30-59-47)75-24-23-65-19-21-67(22-20-65)52-56-27-36(28-57-52)50(71)66-17-14-34(15-18-66)44(61-48(70)33(3)55-7)51(72)68-16-8-9-41(68)49-60-40(29-76-49)45(69)35-10-12-37(54)13-11-35/h10-13,25-34,41,44,46,55,63-64H,8-9,14-24H2,1-7H3,(H,61,70)(H,58,59,62)/t31?,32?,33-,41-,44-,46?/m0/s1. The molecule has 3 aromatic heterocycles. The Morgan fingerprint density at radius 2 is 1.62 bits per heavy atom. The van der Waals surface area contributed by atoms with Gasteiger partial charge in [-0.2, -0.15) is 0 Å². The fraction of sp³-hybridized carbons (Fsp3) is 0.528. The van der Waals surface area contributed by atoms with E-state index in [2.05, 4.69) is 75.4 Å². The second-order valence-corrected chi connectivity index (χ2v) is 24.9. The third kappa shape index (κ3) is 12.1. The fourth-order valence-corrected chi connectivity index (χ4v) is 12.4. The Hall–Kier alpha value is -6.31. The molecule has 7 heterocycles. The molecular weight excluding hydrogens is 1030 g/mol. The molecule has 9 rings (SSSR count). The van der Waals surface area contributed by atoms with E-state index in [9.17, 15) is 32.0 Å². The molecule has 24 heteroatoms. The molecular formula is C53H69FN14O7S2. The topological polar surface area (TPSA) is 249 Å². The van der Waals surface area contributed by atoms with E-state index in [-0.39, 0.29) is 76.5 Å². The Kier molecular flexibility index (Phi) is 16.8. The zero-order chi connectivity index (χ0) is 54.8. The summed E-state index contributed by atoms with van der Waals surface area (Å²) in [7, 11) is -2.16. The largest absolute Gasteiger partial charge is 0.491 e. The van der Waals surface area contributed by atoms with Gasteiger partial charge in [0.05, 0.1) is 34.1 Å². The predicted octanol–water partition coefficient (Wildman–Crippen LogP) is 4.20. The van der Waals surface area contributed by atoms with Crippen molar-refractivity contribution in [3.8, 4) is 5.75 Å². The summed E-state index contributed by atoms with van der Waals surface area (Å²) in [5.74, 6) is -0.290. The highest BCUT2D eigenvalue weighted by molar-refractivity contribution is 7.92. The summed E-state index contributed by atoms with van der Waals surface area (Å²) in [6.07, 6.45) is 6.74. The number of amides is 3. The number of likely N-dealkylation sites (N-methyl/N-ethyl adjacent to an activating group) is 1. The van der Waals surface area contributed by atoms with Crippen LogP contribution in [0.25, 0.3) is 10.9 Å². The summed E-state index contributed by atoms with van der Waals surface area (Å²) >= 11 is 1.30. The van der Waals surface area contributed by atoms with Gasteiger partial charge in [0, 0.05) is 99.1 Å². The summed E-state index contributed by atoms with van der Waals surface area (Å²) in [5.41, 5.74) is 7.92. The zero-order valence-corrected chi connectivity index (χ0v) is 46.2. The van der Waals surface area contributed by atoms with Crippen LogP contribution in [0, 0.1) is 17.7 Å². The van der Waals surface area contributed by atoms with E-state index in [4.69, 9.17) is 4.74 Å². The van der Waals surface area contributed by atoms with Gasteiger partial charge in [-0.1, -0.05) is 6.92 Å². The number of piperazine rings is 1. The first kappa shape index (κ1) is 55.4. The van der Waals surface area contributed by atoms with Crippen LogP contribution in [0.5, 0.6) is 5.75 Å². The zero-order valence-electron chi connectivity index (χ0n) is 44.6. The van der Waals surface area contributed by atoms with Crippen LogP contribution in [0.15, 0.2) is 65.4 Å². The van der Waals surface area contributed by atoms with Gasteiger partial charge >= 0.3 is 0 Å². The average Bonchev–Trinajstić information content (AvgIpc) is 4.24. The molecule has 4 fully saturated rings. The Labute approximate surface area is 452 Å². The van der Waals surface area contributed by atoms with E-state index >= 15 is 0 Å². The molecule has 4 aliphatic heterocycles. The summed E-state index contributed by atoms with van der Waals surface area (Å²) in [6.45, 7) is 15.5. The second kappa shape index (κ2) is 23.3. The first-order valence-electron chi connectivity index (χ1n) is 26.4. The molecule has 2 aromatic carbocycles. The highest BCUT2D eigenvalue weighted by Gasteiger charge is 2.42. The number of piperidine rings is 1. The molecule has 4 aliphatic rings. The molecule has 412 valence electrons.